The van der Waals surface area contributed by atoms with Crippen LogP contribution in [0.5, 0.6) is 0 Å². The predicted molar refractivity (Wildman–Crippen MR) is 76.9 cm³/mol. The van der Waals surface area contributed by atoms with E-state index in [1.807, 2.05) is 27.7 Å². The van der Waals surface area contributed by atoms with E-state index >= 15 is 0 Å². The first kappa shape index (κ1) is 14.8. The van der Waals surface area contributed by atoms with Gasteiger partial charge >= 0.3 is 5.79 Å². The molecule has 1 aliphatic heterocycles. The zero-order valence-corrected chi connectivity index (χ0v) is 12.3. The van der Waals surface area contributed by atoms with Crippen molar-refractivity contribution >= 4 is 18.2 Å². The molecule has 1 aromatic rings. The zero-order valence-electron chi connectivity index (χ0n) is 12.3. The molecule has 0 amide bonds. The Balaban J connectivity index is 2.83. The topological polar surface area (TPSA) is 83.6 Å². The van der Waals surface area contributed by atoms with Gasteiger partial charge in [0.1, 0.15) is 0 Å². The number of benzene rings is 1. The van der Waals surface area contributed by atoms with Gasteiger partial charge in [-0.3, -0.25) is 0 Å². The molecule has 0 bridgehead atoms. The largest absolute Gasteiger partial charge is 0.301 e. The van der Waals surface area contributed by atoms with E-state index in [1.165, 1.54) is 12.2 Å². The third-order valence-electron chi connectivity index (χ3n) is 4.07. The first-order valence-corrected chi connectivity index (χ1v) is 6.39. The Bertz CT molecular complexity index is 768. The average Bonchev–Trinajstić information content (AvgIpc) is 2.44. The van der Waals surface area contributed by atoms with E-state index < -0.39 is 5.79 Å². The van der Waals surface area contributed by atoms with Crippen LogP contribution in [-0.4, -0.2) is 18.2 Å². The summed E-state index contributed by atoms with van der Waals surface area (Å²) >= 11 is 0. The molecule has 0 fully saturated rings. The van der Waals surface area contributed by atoms with Crippen LogP contribution in [0.25, 0.3) is 0 Å². The van der Waals surface area contributed by atoms with E-state index in [0.29, 0.717) is 5.56 Å². The number of isocyanates is 2. The van der Waals surface area contributed by atoms with Crippen LogP contribution >= 0.6 is 0 Å². The van der Waals surface area contributed by atoms with Gasteiger partial charge in [-0.1, -0.05) is 0 Å². The zero-order chi connectivity index (χ0) is 15.6. The van der Waals surface area contributed by atoms with Gasteiger partial charge in [-0.2, -0.15) is 9.98 Å². The summed E-state index contributed by atoms with van der Waals surface area (Å²) in [6, 6.07) is 2.42. The smallest absolute Gasteiger partial charge is 0.211 e. The van der Waals surface area contributed by atoms with Gasteiger partial charge in [-0.05, 0) is 55.5 Å². The number of hydrogen-bond acceptors (Lipinski definition) is 6. The number of hydrogen-bond donors (Lipinski definition) is 0. The van der Waals surface area contributed by atoms with Crippen LogP contribution < -0.4 is 0 Å². The molecule has 106 valence electrons. The molecule has 0 saturated heterocycles. The van der Waals surface area contributed by atoms with Crippen LogP contribution in [0, 0.1) is 27.7 Å². The maximum Gasteiger partial charge on any atom is 0.301 e. The molecule has 6 heteroatoms. The van der Waals surface area contributed by atoms with Crippen molar-refractivity contribution in [2.24, 2.45) is 20.0 Å². The van der Waals surface area contributed by atoms with Crippen LogP contribution in [-0.2, 0) is 21.9 Å². The minimum Gasteiger partial charge on any atom is -0.211 e. The Labute approximate surface area is 122 Å². The molecule has 0 radical (unpaired) electrons. The van der Waals surface area contributed by atoms with Crippen molar-refractivity contribution in [3.63, 3.8) is 0 Å². The summed E-state index contributed by atoms with van der Waals surface area (Å²) < 4.78 is 0. The number of carbonyl (C=O) groups excluding carboxylic acids is 2. The Morgan fingerprint density at radius 1 is 1.00 bits per heavy atom. The highest BCUT2D eigenvalue weighted by molar-refractivity contribution is 5.61. The molecule has 0 aromatic heterocycles. The predicted octanol–water partition coefficient (Wildman–Crippen LogP) is 2.39. The lowest BCUT2D eigenvalue weighted by atomic mass is 9.85. The van der Waals surface area contributed by atoms with Crippen molar-refractivity contribution in [1.82, 2.24) is 0 Å². The molecule has 1 aromatic carbocycles. The van der Waals surface area contributed by atoms with Crippen LogP contribution in [0.4, 0.5) is 0 Å². The molecule has 0 N–H and O–H groups in total. The molecular weight excluding hydrogens is 268 g/mol. The highest BCUT2D eigenvalue weighted by Crippen LogP contribution is 2.40. The standard InChI is InChI=1S/C15H14N4O2/c1-9-10(2)12(4)14(13(11(9)3)5-16-7-20)15(19-8-21)17-6-18-15/h5H2,1-4H3. The second-order valence-electron chi connectivity index (χ2n) is 4.92. The normalized spacial score (nSPS) is 14.1. The molecule has 0 unspecified atom stereocenters. The lowest BCUT2D eigenvalue weighted by molar-refractivity contribution is 0.457. The summed E-state index contributed by atoms with van der Waals surface area (Å²) in [5, 5.41) is 0. The van der Waals surface area contributed by atoms with E-state index in [1.54, 1.807) is 0 Å². The molecule has 1 aliphatic rings. The van der Waals surface area contributed by atoms with Crippen LogP contribution in [0.15, 0.2) is 20.0 Å². The summed E-state index contributed by atoms with van der Waals surface area (Å²) in [5.41, 5.74) is 5.52. The fourth-order valence-electron chi connectivity index (χ4n) is 2.58. The van der Waals surface area contributed by atoms with Crippen molar-refractivity contribution in [2.45, 2.75) is 40.0 Å². The monoisotopic (exact) mass is 282 g/mol. The maximum atomic E-state index is 10.7. The molecular formula is C15H14N4O2. The highest BCUT2D eigenvalue weighted by atomic mass is 16.1. The first-order chi connectivity index (χ1) is 9.98. The van der Waals surface area contributed by atoms with Gasteiger partial charge in [0.2, 0.25) is 12.2 Å². The molecule has 0 spiro atoms. The maximum absolute atomic E-state index is 10.7. The molecule has 2 rings (SSSR count). The summed E-state index contributed by atoms with van der Waals surface area (Å²) in [4.78, 5) is 36.6. The van der Waals surface area contributed by atoms with Gasteiger partial charge in [0, 0.05) is 5.56 Å². The minimum absolute atomic E-state index is 0.147. The van der Waals surface area contributed by atoms with E-state index in [4.69, 9.17) is 0 Å². The van der Waals surface area contributed by atoms with Gasteiger partial charge < -0.3 is 0 Å². The fraction of sp³-hybridized carbons (Fsp3) is 0.400. The molecule has 0 aliphatic carbocycles. The minimum atomic E-state index is -1.33. The summed E-state index contributed by atoms with van der Waals surface area (Å²) in [5.74, 6) is -1.33. The third-order valence-corrected chi connectivity index (χ3v) is 4.07. The third kappa shape index (κ3) is 2.18. The summed E-state index contributed by atoms with van der Waals surface area (Å²) in [6.45, 7) is 7.98. The van der Waals surface area contributed by atoms with Gasteiger partial charge in [0.25, 0.3) is 0 Å². The lowest BCUT2D eigenvalue weighted by Crippen LogP contribution is -2.27. The lowest BCUT2D eigenvalue weighted by Gasteiger charge is -2.28. The highest BCUT2D eigenvalue weighted by Gasteiger charge is 2.40. The molecule has 1 heterocycles. The summed E-state index contributed by atoms with van der Waals surface area (Å²) in [6.07, 6.45) is 3.05. The van der Waals surface area contributed by atoms with E-state index in [-0.39, 0.29) is 6.54 Å². The fourth-order valence-corrected chi connectivity index (χ4v) is 2.58. The SMILES string of the molecule is Cc1c(C)c(C)c(C2(N=C=O)N=C=N2)c(CN=C=O)c1C. The number of rotatable bonds is 4. The average molecular weight is 282 g/mol. The van der Waals surface area contributed by atoms with Crippen LogP contribution in [0.3, 0.4) is 0 Å². The van der Waals surface area contributed by atoms with Gasteiger partial charge in [-0.25, -0.2) is 14.6 Å². The van der Waals surface area contributed by atoms with Crippen molar-refractivity contribution in [3.8, 4) is 0 Å². The molecule has 0 atom stereocenters. The van der Waals surface area contributed by atoms with Crippen LogP contribution in [0.1, 0.15) is 33.4 Å². The Morgan fingerprint density at radius 2 is 1.62 bits per heavy atom. The number of nitrogens with zero attached hydrogens (tertiary/aromatic N) is 4. The van der Waals surface area contributed by atoms with E-state index in [9.17, 15) is 9.59 Å². The quantitative estimate of drug-likeness (QED) is 0.627. The van der Waals surface area contributed by atoms with Crippen molar-refractivity contribution in [3.05, 3.63) is 33.4 Å². The molecule has 6 nitrogen and oxygen atoms in total. The van der Waals surface area contributed by atoms with Crippen LogP contribution in [0.2, 0.25) is 0 Å². The van der Waals surface area contributed by atoms with E-state index in [0.717, 1.165) is 27.8 Å². The molecule has 0 saturated carbocycles. The molecule has 21 heavy (non-hydrogen) atoms. The van der Waals surface area contributed by atoms with Crippen molar-refractivity contribution < 1.29 is 9.59 Å². The number of aliphatic imine (C=N–C) groups is 4. The van der Waals surface area contributed by atoms with Crippen molar-refractivity contribution in [1.29, 1.82) is 0 Å². The summed E-state index contributed by atoms with van der Waals surface area (Å²) in [7, 11) is 0. The Kier molecular flexibility index (Phi) is 3.79. The van der Waals surface area contributed by atoms with E-state index in [2.05, 4.69) is 26.0 Å². The van der Waals surface area contributed by atoms with Gasteiger partial charge in [-0.15, -0.1) is 4.99 Å². The van der Waals surface area contributed by atoms with Gasteiger partial charge in [0.05, 0.1) is 12.6 Å². The second kappa shape index (κ2) is 5.39. The van der Waals surface area contributed by atoms with Gasteiger partial charge in [0.15, 0.2) is 0 Å². The first-order valence-electron chi connectivity index (χ1n) is 6.39. The second-order valence-corrected chi connectivity index (χ2v) is 4.92. The van der Waals surface area contributed by atoms with Crippen molar-refractivity contribution in [2.75, 3.05) is 0 Å². The Morgan fingerprint density at radius 3 is 2.10 bits per heavy atom. The Hall–Kier alpha value is -2.64.